The molecule has 1 N–H and O–H groups in total. The number of nitrogens with one attached hydrogen (secondary N) is 1. The van der Waals surface area contributed by atoms with Crippen LogP contribution in [-0.2, 0) is 18.4 Å². The van der Waals surface area contributed by atoms with Gasteiger partial charge in [-0.25, -0.2) is 0 Å². The van der Waals surface area contributed by atoms with Gasteiger partial charge in [-0.15, -0.1) is 0 Å². The average molecular weight is 323 g/mol. The molecule has 2 aromatic heterocycles. The molecular formula is C18H21N5O. The van der Waals surface area contributed by atoms with E-state index in [1.54, 1.807) is 0 Å². The van der Waals surface area contributed by atoms with E-state index in [0.717, 1.165) is 23.1 Å². The minimum Gasteiger partial charge on any atom is -0.354 e. The largest absolute Gasteiger partial charge is 0.354 e. The molecule has 24 heavy (non-hydrogen) atoms. The van der Waals surface area contributed by atoms with Gasteiger partial charge in [0, 0.05) is 19.5 Å². The molecule has 2 heterocycles. The maximum absolute atomic E-state index is 12.3. The summed E-state index contributed by atoms with van der Waals surface area (Å²) in [5.41, 5.74) is 4.28. The lowest BCUT2D eigenvalue weighted by Crippen LogP contribution is -2.29. The van der Waals surface area contributed by atoms with Crippen molar-refractivity contribution in [3.05, 3.63) is 47.8 Å². The predicted octanol–water partition coefficient (Wildman–Crippen LogP) is 2.00. The summed E-state index contributed by atoms with van der Waals surface area (Å²) in [7, 11) is 1.92. The first-order chi connectivity index (χ1) is 11.6. The number of benzene rings is 1. The van der Waals surface area contributed by atoms with Crippen LogP contribution in [0.3, 0.4) is 0 Å². The van der Waals surface area contributed by atoms with Crippen LogP contribution in [0.25, 0.3) is 11.0 Å². The number of aromatic nitrogens is 4. The smallest absolute Gasteiger partial charge is 0.223 e. The van der Waals surface area contributed by atoms with E-state index in [0.29, 0.717) is 19.0 Å². The fraction of sp³-hybridized carbons (Fsp3) is 0.389. The Bertz CT molecular complexity index is 880. The van der Waals surface area contributed by atoms with Gasteiger partial charge in [0.2, 0.25) is 5.91 Å². The van der Waals surface area contributed by atoms with E-state index in [1.807, 2.05) is 47.7 Å². The lowest BCUT2D eigenvalue weighted by molar-refractivity contribution is -0.122. The number of fused-ring (bicyclic) bond motifs is 1. The van der Waals surface area contributed by atoms with Gasteiger partial charge in [0.05, 0.1) is 18.4 Å². The van der Waals surface area contributed by atoms with E-state index in [4.69, 9.17) is 0 Å². The third-order valence-electron chi connectivity index (χ3n) is 4.79. The van der Waals surface area contributed by atoms with Gasteiger partial charge in [0.25, 0.3) is 0 Å². The Kier molecular flexibility index (Phi) is 3.59. The maximum Gasteiger partial charge on any atom is 0.223 e. The van der Waals surface area contributed by atoms with Crippen LogP contribution in [0, 0.1) is 12.8 Å². The molecule has 6 heteroatoms. The van der Waals surface area contributed by atoms with Gasteiger partial charge in [0.15, 0.2) is 0 Å². The van der Waals surface area contributed by atoms with Gasteiger partial charge in [-0.1, -0.05) is 30.3 Å². The summed E-state index contributed by atoms with van der Waals surface area (Å²) in [6, 6.07) is 10.3. The molecular weight excluding hydrogens is 302 g/mol. The van der Waals surface area contributed by atoms with Gasteiger partial charge >= 0.3 is 0 Å². The average Bonchev–Trinajstić information content (AvgIpc) is 3.20. The number of aryl methyl sites for hydroxylation is 2. The van der Waals surface area contributed by atoms with Crippen LogP contribution in [0.15, 0.2) is 36.5 Å². The molecule has 1 aliphatic rings. The molecule has 1 amide bonds. The van der Waals surface area contributed by atoms with Crippen molar-refractivity contribution in [2.75, 3.05) is 6.54 Å². The number of amides is 1. The Morgan fingerprint density at radius 1 is 1.33 bits per heavy atom. The summed E-state index contributed by atoms with van der Waals surface area (Å²) in [5.74, 6) is 0.642. The third-order valence-corrected chi connectivity index (χ3v) is 4.79. The third kappa shape index (κ3) is 2.58. The van der Waals surface area contributed by atoms with E-state index in [1.165, 1.54) is 5.56 Å². The first-order valence-electron chi connectivity index (χ1n) is 8.33. The van der Waals surface area contributed by atoms with Gasteiger partial charge in [-0.3, -0.25) is 14.2 Å². The van der Waals surface area contributed by atoms with Crippen molar-refractivity contribution in [1.82, 2.24) is 24.9 Å². The van der Waals surface area contributed by atoms with Gasteiger partial charge < -0.3 is 5.32 Å². The Hall–Kier alpha value is -2.63. The number of hydrogen-bond acceptors (Lipinski definition) is 3. The van der Waals surface area contributed by atoms with Crippen LogP contribution in [0.5, 0.6) is 0 Å². The molecule has 0 aliphatic heterocycles. The number of nitrogens with zero attached hydrogens (tertiary/aromatic N) is 4. The Morgan fingerprint density at radius 2 is 2.12 bits per heavy atom. The molecule has 124 valence electrons. The monoisotopic (exact) mass is 323 g/mol. The second kappa shape index (κ2) is 5.78. The molecule has 0 spiro atoms. The van der Waals surface area contributed by atoms with Crippen molar-refractivity contribution in [2.24, 2.45) is 13.0 Å². The van der Waals surface area contributed by atoms with E-state index in [-0.39, 0.29) is 11.8 Å². The molecule has 0 radical (unpaired) electrons. The molecule has 1 aromatic carbocycles. The van der Waals surface area contributed by atoms with Crippen LogP contribution >= 0.6 is 0 Å². The number of carbonyl (C=O) groups is 1. The second-order valence-corrected chi connectivity index (χ2v) is 6.46. The highest BCUT2D eigenvalue weighted by molar-refractivity contribution is 5.83. The molecule has 1 saturated carbocycles. The first-order valence-corrected chi connectivity index (χ1v) is 8.33. The van der Waals surface area contributed by atoms with Crippen molar-refractivity contribution in [3.63, 3.8) is 0 Å². The molecule has 1 fully saturated rings. The van der Waals surface area contributed by atoms with Crippen LogP contribution in [0.4, 0.5) is 0 Å². The molecule has 4 rings (SSSR count). The summed E-state index contributed by atoms with van der Waals surface area (Å²) >= 11 is 0. The highest BCUT2D eigenvalue weighted by Crippen LogP contribution is 2.47. The van der Waals surface area contributed by atoms with Crippen molar-refractivity contribution in [2.45, 2.75) is 25.8 Å². The van der Waals surface area contributed by atoms with E-state index < -0.39 is 0 Å². The fourth-order valence-electron chi connectivity index (χ4n) is 3.45. The Morgan fingerprint density at radius 3 is 2.92 bits per heavy atom. The lowest BCUT2D eigenvalue weighted by atomic mass is 10.1. The SMILES string of the molecule is Cc1nn(C)c2cnn(CCNC(=O)[C@H]3C[C@H]3c3ccccc3)c12. The fourth-order valence-corrected chi connectivity index (χ4v) is 3.45. The Labute approximate surface area is 140 Å². The summed E-state index contributed by atoms with van der Waals surface area (Å²) in [4.78, 5) is 12.3. The lowest BCUT2D eigenvalue weighted by Gasteiger charge is -2.06. The molecule has 1 aliphatic carbocycles. The van der Waals surface area contributed by atoms with E-state index in [2.05, 4.69) is 27.6 Å². The molecule has 3 aromatic rings. The quantitative estimate of drug-likeness (QED) is 0.781. The van der Waals surface area contributed by atoms with Crippen LogP contribution < -0.4 is 5.32 Å². The first kappa shape index (κ1) is 14.9. The van der Waals surface area contributed by atoms with Gasteiger partial charge in [-0.2, -0.15) is 10.2 Å². The molecule has 0 bridgehead atoms. The van der Waals surface area contributed by atoms with Gasteiger partial charge in [0.1, 0.15) is 11.0 Å². The summed E-state index contributed by atoms with van der Waals surface area (Å²) in [6.07, 6.45) is 2.77. The summed E-state index contributed by atoms with van der Waals surface area (Å²) < 4.78 is 3.75. The minimum atomic E-state index is 0.116. The van der Waals surface area contributed by atoms with Crippen molar-refractivity contribution < 1.29 is 4.79 Å². The predicted molar refractivity (Wildman–Crippen MR) is 91.5 cm³/mol. The minimum absolute atomic E-state index is 0.116. The standard InChI is InChI=1S/C18H21N5O/c1-12-17-16(22(2)21-12)11-20-23(17)9-8-19-18(24)15-10-14(15)13-6-4-3-5-7-13/h3-7,11,14-15H,8-10H2,1-2H3,(H,19,24)/t14-,15-/m0/s1. The molecule has 0 unspecified atom stereocenters. The van der Waals surface area contributed by atoms with Gasteiger partial charge in [-0.05, 0) is 24.8 Å². The number of hydrogen-bond donors (Lipinski definition) is 1. The molecule has 0 saturated heterocycles. The molecule has 2 atom stereocenters. The van der Waals surface area contributed by atoms with Crippen molar-refractivity contribution in [3.8, 4) is 0 Å². The van der Waals surface area contributed by atoms with Crippen LogP contribution in [-0.4, -0.2) is 32.0 Å². The second-order valence-electron chi connectivity index (χ2n) is 6.46. The van der Waals surface area contributed by atoms with Crippen LogP contribution in [0.1, 0.15) is 23.6 Å². The molecule has 6 nitrogen and oxygen atoms in total. The maximum atomic E-state index is 12.3. The van der Waals surface area contributed by atoms with Crippen molar-refractivity contribution >= 4 is 16.9 Å². The highest BCUT2D eigenvalue weighted by atomic mass is 16.2. The number of carbonyl (C=O) groups excluding carboxylic acids is 1. The highest BCUT2D eigenvalue weighted by Gasteiger charge is 2.43. The zero-order chi connectivity index (χ0) is 16.7. The van der Waals surface area contributed by atoms with Crippen molar-refractivity contribution in [1.29, 1.82) is 0 Å². The summed E-state index contributed by atoms with van der Waals surface area (Å²) in [5, 5.41) is 11.9. The van der Waals surface area contributed by atoms with E-state index >= 15 is 0 Å². The zero-order valence-corrected chi connectivity index (χ0v) is 13.9. The Balaban J connectivity index is 1.34. The normalized spacial score (nSPS) is 19.6. The number of rotatable bonds is 5. The van der Waals surface area contributed by atoms with E-state index in [9.17, 15) is 4.79 Å². The van der Waals surface area contributed by atoms with Crippen LogP contribution in [0.2, 0.25) is 0 Å². The zero-order valence-electron chi connectivity index (χ0n) is 13.9. The topological polar surface area (TPSA) is 64.7 Å². The summed E-state index contributed by atoms with van der Waals surface area (Å²) in [6.45, 7) is 3.22.